The Balaban J connectivity index is 2.13. The molecule has 0 aliphatic heterocycles. The normalized spacial score (nSPS) is 16.9. The quantitative estimate of drug-likeness (QED) is 0.635. The fourth-order valence-corrected chi connectivity index (χ4v) is 2.78. The third-order valence-corrected chi connectivity index (χ3v) is 4.00. The van der Waals surface area contributed by atoms with E-state index in [0.29, 0.717) is 23.0 Å². The van der Waals surface area contributed by atoms with Gasteiger partial charge in [0.05, 0.1) is 5.56 Å². The van der Waals surface area contributed by atoms with Gasteiger partial charge in [-0.15, -0.1) is 0 Å². The zero-order chi connectivity index (χ0) is 13.8. The Morgan fingerprint density at radius 2 is 1.79 bits per heavy atom. The second kappa shape index (κ2) is 5.95. The molecule has 4 heteroatoms. The molecule has 0 unspecified atom stereocenters. The highest BCUT2D eigenvalue weighted by Gasteiger charge is 2.23. The zero-order valence-electron chi connectivity index (χ0n) is 11.6. The minimum Gasteiger partial charge on any atom is -0.399 e. The monoisotopic (exact) mass is 261 g/mol. The second-order valence-corrected chi connectivity index (χ2v) is 5.41. The molecule has 1 fully saturated rings. The van der Waals surface area contributed by atoms with Gasteiger partial charge in [-0.05, 0) is 31.0 Å². The number of hydrogen-bond acceptors (Lipinski definition) is 3. The number of rotatable bonds is 2. The number of nitrogens with zero attached hydrogens (tertiary/aromatic N) is 1. The average molecular weight is 261 g/mol. The molecule has 0 radical (unpaired) electrons. The predicted octanol–water partition coefficient (Wildman–Crippen LogP) is 2.65. The fourth-order valence-electron chi connectivity index (χ4n) is 2.78. The van der Waals surface area contributed by atoms with E-state index in [0.717, 1.165) is 12.8 Å². The summed E-state index contributed by atoms with van der Waals surface area (Å²) in [6.45, 7) is 0. The fraction of sp³-hybridized carbons (Fsp3) is 0.533. The Morgan fingerprint density at radius 3 is 2.37 bits per heavy atom. The summed E-state index contributed by atoms with van der Waals surface area (Å²) in [5.74, 6) is 0.00407. The van der Waals surface area contributed by atoms with Crippen molar-refractivity contribution in [3.63, 3.8) is 0 Å². The number of amides is 1. The maximum absolute atomic E-state index is 12.5. The van der Waals surface area contributed by atoms with Crippen LogP contribution >= 0.6 is 0 Å². The summed E-state index contributed by atoms with van der Waals surface area (Å²) in [7, 11) is 1.88. The lowest BCUT2D eigenvalue weighted by Gasteiger charge is -2.27. The van der Waals surface area contributed by atoms with Gasteiger partial charge in [0.15, 0.2) is 0 Å². The first-order valence-electron chi connectivity index (χ1n) is 7.02. The topological polar surface area (TPSA) is 72.3 Å². The third kappa shape index (κ3) is 3.19. The van der Waals surface area contributed by atoms with Crippen LogP contribution in [-0.4, -0.2) is 23.9 Å². The molecule has 0 bridgehead atoms. The molecule has 104 valence electrons. The molecule has 4 nitrogen and oxygen atoms in total. The van der Waals surface area contributed by atoms with Crippen LogP contribution in [0.5, 0.6) is 0 Å². The summed E-state index contributed by atoms with van der Waals surface area (Å²) in [4.78, 5) is 14.3. The highest BCUT2D eigenvalue weighted by molar-refractivity contribution is 5.99. The standard InChI is InChI=1S/C15H23N3O/c1-18(12-6-4-2-3-5-7-12)15(19)13-9-8-11(16)10-14(13)17/h8-10,12H,2-7,16-17H2,1H3. The van der Waals surface area contributed by atoms with E-state index in [4.69, 9.17) is 11.5 Å². The van der Waals surface area contributed by atoms with Crippen LogP contribution in [0, 0.1) is 0 Å². The number of nitrogen functional groups attached to an aromatic ring is 2. The molecule has 0 spiro atoms. The van der Waals surface area contributed by atoms with Gasteiger partial charge in [0, 0.05) is 24.5 Å². The number of anilines is 2. The minimum absolute atomic E-state index is 0.00407. The Hall–Kier alpha value is -1.71. The molecule has 1 amide bonds. The summed E-state index contributed by atoms with van der Waals surface area (Å²) < 4.78 is 0. The lowest BCUT2D eigenvalue weighted by Crippen LogP contribution is -2.37. The van der Waals surface area contributed by atoms with Gasteiger partial charge in [-0.2, -0.15) is 0 Å². The number of carbonyl (C=O) groups excluding carboxylic acids is 1. The third-order valence-electron chi connectivity index (χ3n) is 4.00. The van der Waals surface area contributed by atoms with E-state index in [1.165, 1.54) is 25.7 Å². The van der Waals surface area contributed by atoms with Gasteiger partial charge in [0.2, 0.25) is 0 Å². The maximum Gasteiger partial charge on any atom is 0.255 e. The molecule has 1 aromatic rings. The van der Waals surface area contributed by atoms with Crippen LogP contribution in [0.4, 0.5) is 11.4 Å². The summed E-state index contributed by atoms with van der Waals surface area (Å²) in [5.41, 5.74) is 13.2. The largest absolute Gasteiger partial charge is 0.399 e. The van der Waals surface area contributed by atoms with E-state index in [9.17, 15) is 4.79 Å². The summed E-state index contributed by atoms with van der Waals surface area (Å²) >= 11 is 0. The first-order valence-corrected chi connectivity index (χ1v) is 7.02. The second-order valence-electron chi connectivity index (χ2n) is 5.41. The van der Waals surface area contributed by atoms with Crippen molar-refractivity contribution in [3.05, 3.63) is 23.8 Å². The van der Waals surface area contributed by atoms with Crippen LogP contribution in [0.15, 0.2) is 18.2 Å². The number of hydrogen-bond donors (Lipinski definition) is 2. The van der Waals surface area contributed by atoms with Gasteiger partial charge < -0.3 is 16.4 Å². The van der Waals surface area contributed by atoms with E-state index in [1.54, 1.807) is 18.2 Å². The van der Waals surface area contributed by atoms with Gasteiger partial charge in [-0.1, -0.05) is 25.7 Å². The average Bonchev–Trinajstić information content (AvgIpc) is 2.66. The molecule has 0 aromatic heterocycles. The maximum atomic E-state index is 12.5. The van der Waals surface area contributed by atoms with Crippen LogP contribution in [-0.2, 0) is 0 Å². The summed E-state index contributed by atoms with van der Waals surface area (Å²) in [6, 6.07) is 5.44. The summed E-state index contributed by atoms with van der Waals surface area (Å²) in [5, 5.41) is 0. The predicted molar refractivity (Wildman–Crippen MR) is 78.9 cm³/mol. The molecule has 4 N–H and O–H groups in total. The molecule has 19 heavy (non-hydrogen) atoms. The van der Waals surface area contributed by atoms with E-state index in [2.05, 4.69) is 0 Å². The molecule has 2 rings (SSSR count). The lowest BCUT2D eigenvalue weighted by atomic mass is 10.1. The highest BCUT2D eigenvalue weighted by Crippen LogP contribution is 2.24. The number of benzene rings is 1. The van der Waals surface area contributed by atoms with Gasteiger partial charge in [-0.3, -0.25) is 4.79 Å². The number of nitrogens with two attached hydrogens (primary N) is 2. The van der Waals surface area contributed by atoms with Crippen LogP contribution < -0.4 is 11.5 Å². The van der Waals surface area contributed by atoms with Crippen molar-refractivity contribution in [1.82, 2.24) is 4.90 Å². The van der Waals surface area contributed by atoms with Crippen molar-refractivity contribution in [3.8, 4) is 0 Å². The molecule has 0 atom stereocenters. The van der Waals surface area contributed by atoms with Crippen molar-refractivity contribution in [2.75, 3.05) is 18.5 Å². The molecule has 1 aliphatic rings. The Morgan fingerprint density at radius 1 is 1.16 bits per heavy atom. The Labute approximate surface area is 114 Å². The van der Waals surface area contributed by atoms with Crippen LogP contribution in [0.3, 0.4) is 0 Å². The van der Waals surface area contributed by atoms with E-state index >= 15 is 0 Å². The van der Waals surface area contributed by atoms with Gasteiger partial charge in [0.1, 0.15) is 0 Å². The Kier molecular flexibility index (Phi) is 4.30. The molecule has 1 saturated carbocycles. The first kappa shape index (κ1) is 13.7. The lowest BCUT2D eigenvalue weighted by molar-refractivity contribution is 0.0719. The molecule has 0 saturated heterocycles. The number of carbonyl (C=O) groups is 1. The summed E-state index contributed by atoms with van der Waals surface area (Å²) in [6.07, 6.45) is 7.17. The van der Waals surface area contributed by atoms with Gasteiger partial charge >= 0.3 is 0 Å². The van der Waals surface area contributed by atoms with E-state index < -0.39 is 0 Å². The molecule has 1 aliphatic carbocycles. The van der Waals surface area contributed by atoms with Crippen LogP contribution in [0.1, 0.15) is 48.9 Å². The minimum atomic E-state index is 0.00407. The zero-order valence-corrected chi connectivity index (χ0v) is 11.6. The smallest absolute Gasteiger partial charge is 0.255 e. The molecular formula is C15H23N3O. The first-order chi connectivity index (χ1) is 9.09. The molecule has 0 heterocycles. The van der Waals surface area contributed by atoms with Gasteiger partial charge in [-0.25, -0.2) is 0 Å². The van der Waals surface area contributed by atoms with Crippen LogP contribution in [0.2, 0.25) is 0 Å². The van der Waals surface area contributed by atoms with E-state index in [-0.39, 0.29) is 5.91 Å². The van der Waals surface area contributed by atoms with Crippen LogP contribution in [0.25, 0.3) is 0 Å². The molecule has 1 aromatic carbocycles. The van der Waals surface area contributed by atoms with E-state index in [1.807, 2.05) is 11.9 Å². The van der Waals surface area contributed by atoms with Crippen molar-refractivity contribution in [1.29, 1.82) is 0 Å². The Bertz CT molecular complexity index is 451. The van der Waals surface area contributed by atoms with Crippen molar-refractivity contribution >= 4 is 17.3 Å². The van der Waals surface area contributed by atoms with Crippen molar-refractivity contribution in [2.45, 2.75) is 44.6 Å². The van der Waals surface area contributed by atoms with Crippen molar-refractivity contribution < 1.29 is 4.79 Å². The van der Waals surface area contributed by atoms with Gasteiger partial charge in [0.25, 0.3) is 5.91 Å². The molecular weight excluding hydrogens is 238 g/mol. The SMILES string of the molecule is CN(C(=O)c1ccc(N)cc1N)C1CCCCCC1. The van der Waals surface area contributed by atoms with Crippen molar-refractivity contribution in [2.24, 2.45) is 0 Å². The highest BCUT2D eigenvalue weighted by atomic mass is 16.2.